The molecule has 1 aromatic carbocycles. The van der Waals surface area contributed by atoms with E-state index in [9.17, 15) is 4.79 Å². The summed E-state index contributed by atoms with van der Waals surface area (Å²) in [4.78, 5) is 15.6. The van der Waals surface area contributed by atoms with E-state index < -0.39 is 0 Å². The molecule has 1 aliphatic heterocycles. The number of hydrogen-bond acceptors (Lipinski definition) is 3. The molecule has 1 aliphatic rings. The fraction of sp³-hybridized carbons (Fsp3) is 0.316. The van der Waals surface area contributed by atoms with Gasteiger partial charge in [-0.15, -0.1) is 11.3 Å². The smallest absolute Gasteiger partial charge is 0.244 e. The minimum atomic E-state index is -0.0291. The lowest BCUT2D eigenvalue weighted by Gasteiger charge is -2.28. The molecule has 23 heavy (non-hydrogen) atoms. The summed E-state index contributed by atoms with van der Waals surface area (Å²) >= 11 is 1.63. The van der Waals surface area contributed by atoms with Crippen molar-refractivity contribution in [2.24, 2.45) is 0 Å². The van der Waals surface area contributed by atoms with Gasteiger partial charge in [0.1, 0.15) is 0 Å². The fourth-order valence-corrected chi connectivity index (χ4v) is 3.60. The number of amides is 1. The van der Waals surface area contributed by atoms with E-state index in [1.807, 2.05) is 29.7 Å². The van der Waals surface area contributed by atoms with Crippen LogP contribution in [0, 0.1) is 0 Å². The van der Waals surface area contributed by atoms with Crippen molar-refractivity contribution in [2.75, 3.05) is 19.6 Å². The molecule has 4 heteroatoms. The molecular formula is C19H22N2OS. The van der Waals surface area contributed by atoms with Crippen LogP contribution in [0.15, 0.2) is 53.9 Å². The quantitative estimate of drug-likeness (QED) is 0.821. The van der Waals surface area contributed by atoms with Crippen molar-refractivity contribution in [3.63, 3.8) is 0 Å². The van der Waals surface area contributed by atoms with Gasteiger partial charge in [-0.2, -0.15) is 0 Å². The van der Waals surface area contributed by atoms with Gasteiger partial charge in [0.15, 0.2) is 0 Å². The molecule has 1 atom stereocenters. The summed E-state index contributed by atoms with van der Waals surface area (Å²) in [6.45, 7) is 2.87. The Morgan fingerprint density at radius 3 is 2.65 bits per heavy atom. The van der Waals surface area contributed by atoms with Crippen LogP contribution in [-0.4, -0.2) is 30.4 Å². The number of carbonyl (C=O) groups is 1. The van der Waals surface area contributed by atoms with Gasteiger partial charge in [-0.05, 0) is 49.0 Å². The molecule has 0 aliphatic carbocycles. The van der Waals surface area contributed by atoms with Crippen LogP contribution in [-0.2, 0) is 4.79 Å². The van der Waals surface area contributed by atoms with Crippen molar-refractivity contribution < 1.29 is 4.79 Å². The molecule has 120 valence electrons. The zero-order valence-corrected chi connectivity index (χ0v) is 14.0. The average Bonchev–Trinajstić information content (AvgIpc) is 3.28. The number of nitrogens with one attached hydrogen (secondary N) is 1. The Kier molecular flexibility index (Phi) is 5.61. The summed E-state index contributed by atoms with van der Waals surface area (Å²) < 4.78 is 0. The van der Waals surface area contributed by atoms with Crippen LogP contribution in [0.4, 0.5) is 0 Å². The topological polar surface area (TPSA) is 32.3 Å². The van der Waals surface area contributed by atoms with Gasteiger partial charge in [0.05, 0.1) is 6.04 Å². The minimum Gasteiger partial charge on any atom is -0.351 e. The van der Waals surface area contributed by atoms with Crippen molar-refractivity contribution in [1.29, 1.82) is 0 Å². The van der Waals surface area contributed by atoms with Gasteiger partial charge >= 0.3 is 0 Å². The molecule has 1 fully saturated rings. The Morgan fingerprint density at radius 1 is 1.17 bits per heavy atom. The van der Waals surface area contributed by atoms with Gasteiger partial charge in [-0.1, -0.05) is 36.4 Å². The second kappa shape index (κ2) is 8.09. The fourth-order valence-electron chi connectivity index (χ4n) is 2.99. The number of thiophene rings is 1. The Morgan fingerprint density at radius 2 is 1.96 bits per heavy atom. The van der Waals surface area contributed by atoms with E-state index in [4.69, 9.17) is 0 Å². The molecular weight excluding hydrogens is 304 g/mol. The van der Waals surface area contributed by atoms with E-state index in [1.165, 1.54) is 18.4 Å². The van der Waals surface area contributed by atoms with E-state index in [-0.39, 0.29) is 11.9 Å². The first kappa shape index (κ1) is 16.0. The third-order valence-electron chi connectivity index (χ3n) is 4.18. The van der Waals surface area contributed by atoms with Crippen LogP contribution >= 0.6 is 11.3 Å². The monoisotopic (exact) mass is 326 g/mol. The second-order valence-electron chi connectivity index (χ2n) is 5.76. The van der Waals surface area contributed by atoms with Gasteiger partial charge in [-0.3, -0.25) is 9.69 Å². The highest BCUT2D eigenvalue weighted by atomic mass is 32.1. The Balaban J connectivity index is 1.61. The molecule has 0 saturated carbocycles. The third kappa shape index (κ3) is 4.53. The summed E-state index contributed by atoms with van der Waals surface area (Å²) in [6, 6.07) is 14.7. The van der Waals surface area contributed by atoms with E-state index >= 15 is 0 Å². The molecule has 0 radical (unpaired) electrons. The first-order valence-electron chi connectivity index (χ1n) is 8.11. The van der Waals surface area contributed by atoms with Crippen LogP contribution in [0.5, 0.6) is 0 Å². The normalized spacial score (nSPS) is 16.7. The maximum Gasteiger partial charge on any atom is 0.244 e. The van der Waals surface area contributed by atoms with Gasteiger partial charge in [0.25, 0.3) is 0 Å². The second-order valence-corrected chi connectivity index (χ2v) is 6.74. The SMILES string of the molecule is O=C(C=Cc1cccs1)NCC(c1ccccc1)N1CCCC1. The number of carbonyl (C=O) groups excluding carboxylic acids is 1. The lowest BCUT2D eigenvalue weighted by atomic mass is 10.1. The van der Waals surface area contributed by atoms with Gasteiger partial charge in [0, 0.05) is 17.5 Å². The molecule has 2 heterocycles. The van der Waals surface area contributed by atoms with E-state index in [0.717, 1.165) is 18.0 Å². The minimum absolute atomic E-state index is 0.0291. The molecule has 2 aromatic rings. The van der Waals surface area contributed by atoms with Crippen LogP contribution in [0.1, 0.15) is 29.3 Å². The van der Waals surface area contributed by atoms with Crippen molar-refractivity contribution in [3.05, 3.63) is 64.4 Å². The predicted octanol–water partition coefficient (Wildman–Crippen LogP) is 3.71. The summed E-state index contributed by atoms with van der Waals surface area (Å²) in [6.07, 6.45) is 5.98. The third-order valence-corrected chi connectivity index (χ3v) is 5.02. The maximum atomic E-state index is 12.1. The Labute approximate surface area is 141 Å². The molecule has 1 amide bonds. The summed E-state index contributed by atoms with van der Waals surface area (Å²) in [5.74, 6) is -0.0291. The van der Waals surface area contributed by atoms with E-state index in [1.54, 1.807) is 17.4 Å². The van der Waals surface area contributed by atoms with E-state index in [0.29, 0.717) is 6.54 Å². The number of rotatable bonds is 6. The van der Waals surface area contributed by atoms with Crippen LogP contribution in [0.25, 0.3) is 6.08 Å². The van der Waals surface area contributed by atoms with Crippen LogP contribution in [0.3, 0.4) is 0 Å². The van der Waals surface area contributed by atoms with Crippen molar-refractivity contribution in [2.45, 2.75) is 18.9 Å². The molecule has 3 nitrogen and oxygen atoms in total. The standard InChI is InChI=1S/C19H22N2OS/c22-19(11-10-17-9-6-14-23-17)20-15-18(21-12-4-5-13-21)16-7-2-1-3-8-16/h1-3,6-11,14,18H,4-5,12-13,15H2,(H,20,22). The number of likely N-dealkylation sites (tertiary alicyclic amines) is 1. The molecule has 0 spiro atoms. The van der Waals surface area contributed by atoms with Crippen molar-refractivity contribution in [3.8, 4) is 0 Å². The zero-order valence-electron chi connectivity index (χ0n) is 13.2. The first-order chi connectivity index (χ1) is 11.3. The molecule has 1 aromatic heterocycles. The summed E-state index contributed by atoms with van der Waals surface area (Å²) in [5, 5.41) is 5.07. The Bertz CT molecular complexity index is 631. The van der Waals surface area contributed by atoms with Gasteiger partial charge in [0.2, 0.25) is 5.91 Å². The molecule has 0 bridgehead atoms. The molecule has 1 unspecified atom stereocenters. The number of hydrogen-bond donors (Lipinski definition) is 1. The van der Waals surface area contributed by atoms with Crippen molar-refractivity contribution in [1.82, 2.24) is 10.2 Å². The van der Waals surface area contributed by atoms with Crippen LogP contribution in [0.2, 0.25) is 0 Å². The average molecular weight is 326 g/mol. The Hall–Kier alpha value is -1.91. The summed E-state index contributed by atoms with van der Waals surface area (Å²) in [5.41, 5.74) is 1.27. The molecule has 1 saturated heterocycles. The van der Waals surface area contributed by atoms with E-state index in [2.05, 4.69) is 34.5 Å². The lowest BCUT2D eigenvalue weighted by Crippen LogP contribution is -2.36. The van der Waals surface area contributed by atoms with Gasteiger partial charge < -0.3 is 5.32 Å². The predicted molar refractivity (Wildman–Crippen MR) is 96.4 cm³/mol. The highest BCUT2D eigenvalue weighted by molar-refractivity contribution is 7.10. The largest absolute Gasteiger partial charge is 0.351 e. The molecule has 3 rings (SSSR count). The number of benzene rings is 1. The summed E-state index contributed by atoms with van der Waals surface area (Å²) in [7, 11) is 0. The molecule has 1 N–H and O–H groups in total. The highest BCUT2D eigenvalue weighted by Crippen LogP contribution is 2.24. The van der Waals surface area contributed by atoms with Gasteiger partial charge in [-0.25, -0.2) is 0 Å². The number of nitrogens with zero attached hydrogens (tertiary/aromatic N) is 1. The van der Waals surface area contributed by atoms with Crippen molar-refractivity contribution >= 4 is 23.3 Å². The maximum absolute atomic E-state index is 12.1. The zero-order chi connectivity index (χ0) is 15.9. The first-order valence-corrected chi connectivity index (χ1v) is 8.99. The van der Waals surface area contributed by atoms with Crippen LogP contribution < -0.4 is 5.32 Å². The highest BCUT2D eigenvalue weighted by Gasteiger charge is 2.23. The lowest BCUT2D eigenvalue weighted by molar-refractivity contribution is -0.116.